The molecular weight excluding hydrogens is 186 g/mol. The van der Waals surface area contributed by atoms with Crippen molar-refractivity contribution in [3.05, 3.63) is 36.0 Å². The summed E-state index contributed by atoms with van der Waals surface area (Å²) in [4.78, 5) is 1.25. The lowest BCUT2D eigenvalue weighted by atomic mass is 10.2. The maximum absolute atomic E-state index is 4.83. The lowest BCUT2D eigenvalue weighted by molar-refractivity contribution is 0.972. The molecule has 0 radical (unpaired) electrons. The average Bonchev–Trinajstić information content (AvgIpc) is 2.17. The second kappa shape index (κ2) is 3.29. The summed E-state index contributed by atoms with van der Waals surface area (Å²) in [5.74, 6) is 0. The normalized spacial score (nSPS) is 14.2. The highest BCUT2D eigenvalue weighted by Gasteiger charge is 2.07. The summed E-state index contributed by atoms with van der Waals surface area (Å²) in [6, 6.07) is 8.26. The van der Waals surface area contributed by atoms with Gasteiger partial charge in [-0.1, -0.05) is 30.4 Å². The van der Waals surface area contributed by atoms with Crippen molar-refractivity contribution >= 4 is 35.7 Å². The van der Waals surface area contributed by atoms with E-state index in [0.717, 1.165) is 0 Å². The van der Waals surface area contributed by atoms with E-state index in [2.05, 4.69) is 18.2 Å². The second-order valence-electron chi connectivity index (χ2n) is 2.41. The van der Waals surface area contributed by atoms with E-state index in [1.165, 1.54) is 10.5 Å². The molecule has 1 nitrogen and oxygen atoms in total. The third-order valence-corrected chi connectivity index (χ3v) is 2.99. The van der Waals surface area contributed by atoms with E-state index in [0.29, 0.717) is 0 Å². The summed E-state index contributed by atoms with van der Waals surface area (Å²) in [5.41, 5.74) is 2.90. The molecule has 60 valence electrons. The van der Waals surface area contributed by atoms with Crippen molar-refractivity contribution in [2.75, 3.05) is 0 Å². The Bertz CT molecular complexity index is 333. The van der Waals surface area contributed by atoms with Crippen molar-refractivity contribution in [1.82, 2.24) is 4.31 Å². The molecule has 0 fully saturated rings. The van der Waals surface area contributed by atoms with Crippen molar-refractivity contribution in [2.45, 2.75) is 4.90 Å². The summed E-state index contributed by atoms with van der Waals surface area (Å²) in [6.07, 6.45) is 4.04. The fourth-order valence-corrected chi connectivity index (χ4v) is 2.03. The van der Waals surface area contributed by atoms with E-state index in [1.807, 2.05) is 22.6 Å². The maximum Gasteiger partial charge on any atom is 0.0789 e. The van der Waals surface area contributed by atoms with Gasteiger partial charge in [0.05, 0.1) is 5.49 Å². The van der Waals surface area contributed by atoms with Gasteiger partial charge < -0.3 is 0 Å². The molecule has 0 unspecified atom stereocenters. The van der Waals surface area contributed by atoms with Gasteiger partial charge in [-0.05, 0) is 29.7 Å². The van der Waals surface area contributed by atoms with Gasteiger partial charge in [0.2, 0.25) is 0 Å². The third-order valence-electron chi connectivity index (χ3n) is 1.63. The number of nitrogens with zero attached hydrogens (tertiary/aromatic N) is 1. The highest BCUT2D eigenvalue weighted by molar-refractivity contribution is 7.98. The number of hydrogen-bond acceptors (Lipinski definition) is 2. The van der Waals surface area contributed by atoms with Gasteiger partial charge >= 0.3 is 0 Å². The first-order valence-electron chi connectivity index (χ1n) is 3.59. The number of rotatable bonds is 1. The summed E-state index contributed by atoms with van der Waals surface area (Å²) in [5, 5.41) is 0. The molecule has 1 aromatic carbocycles. The molecule has 0 aromatic heterocycles. The van der Waals surface area contributed by atoms with Gasteiger partial charge in [-0.3, -0.25) is 4.31 Å². The van der Waals surface area contributed by atoms with E-state index in [4.69, 9.17) is 12.2 Å². The molecule has 0 atom stereocenters. The van der Waals surface area contributed by atoms with Crippen LogP contribution in [0.2, 0.25) is 0 Å². The molecule has 0 amide bonds. The Kier molecular flexibility index (Phi) is 2.15. The molecule has 0 spiro atoms. The van der Waals surface area contributed by atoms with Crippen LogP contribution in [0.4, 0.5) is 0 Å². The molecule has 3 heteroatoms. The summed E-state index contributed by atoms with van der Waals surface area (Å²) < 4.78 is 1.91. The molecule has 1 aromatic rings. The van der Waals surface area contributed by atoms with Crippen molar-refractivity contribution in [3.8, 4) is 0 Å². The summed E-state index contributed by atoms with van der Waals surface area (Å²) >= 11 is 6.47. The van der Waals surface area contributed by atoms with Crippen LogP contribution in [0.15, 0.2) is 35.4 Å². The van der Waals surface area contributed by atoms with E-state index >= 15 is 0 Å². The lowest BCUT2D eigenvalue weighted by Crippen LogP contribution is -2.05. The van der Waals surface area contributed by atoms with Crippen molar-refractivity contribution in [1.29, 1.82) is 0 Å². The van der Waals surface area contributed by atoms with E-state index in [-0.39, 0.29) is 0 Å². The molecule has 12 heavy (non-hydrogen) atoms. The molecule has 1 aliphatic rings. The zero-order chi connectivity index (χ0) is 8.39. The largest absolute Gasteiger partial charge is 0.284 e. The van der Waals surface area contributed by atoms with Crippen LogP contribution in [0.5, 0.6) is 0 Å². The minimum Gasteiger partial charge on any atom is -0.284 e. The predicted molar refractivity (Wildman–Crippen MR) is 56.8 cm³/mol. The highest BCUT2D eigenvalue weighted by Crippen LogP contribution is 2.30. The smallest absolute Gasteiger partial charge is 0.0789 e. The Morgan fingerprint density at radius 1 is 1.33 bits per heavy atom. The molecule has 0 saturated carbocycles. The van der Waals surface area contributed by atoms with Crippen LogP contribution in [0.25, 0.3) is 6.08 Å². The standard InChI is InChI=1S/C9H7NS2/c11-7-10-6-5-8-3-1-2-4-9(8)12-10/h1-7H. The zero-order valence-electron chi connectivity index (χ0n) is 6.31. The van der Waals surface area contributed by atoms with Crippen LogP contribution >= 0.6 is 24.2 Å². The van der Waals surface area contributed by atoms with E-state index in [1.54, 1.807) is 17.4 Å². The number of fused-ring (bicyclic) bond motifs is 1. The van der Waals surface area contributed by atoms with Gasteiger partial charge in [-0.25, -0.2) is 0 Å². The number of thiocarbonyl (C=S) groups is 1. The van der Waals surface area contributed by atoms with Crippen LogP contribution in [0, 0.1) is 0 Å². The van der Waals surface area contributed by atoms with Gasteiger partial charge in [-0.15, -0.1) is 0 Å². The van der Waals surface area contributed by atoms with Crippen LogP contribution in [-0.4, -0.2) is 9.80 Å². The van der Waals surface area contributed by atoms with E-state index in [9.17, 15) is 0 Å². The molecule has 0 N–H and O–H groups in total. The van der Waals surface area contributed by atoms with E-state index < -0.39 is 0 Å². The summed E-state index contributed by atoms with van der Waals surface area (Å²) in [7, 11) is 0. The second-order valence-corrected chi connectivity index (χ2v) is 3.67. The first kappa shape index (κ1) is 7.83. The highest BCUT2D eigenvalue weighted by atomic mass is 32.2. The summed E-state index contributed by atoms with van der Waals surface area (Å²) in [6.45, 7) is 0. The first-order valence-corrected chi connectivity index (χ1v) is 4.83. The fourth-order valence-electron chi connectivity index (χ4n) is 1.06. The SMILES string of the molecule is S=CN1C=Cc2ccccc2S1. The minimum absolute atomic E-state index is 1.25. The molecule has 1 aliphatic heterocycles. The van der Waals surface area contributed by atoms with Gasteiger partial charge in [0.1, 0.15) is 0 Å². The zero-order valence-corrected chi connectivity index (χ0v) is 7.94. The van der Waals surface area contributed by atoms with Gasteiger partial charge in [0.25, 0.3) is 0 Å². The van der Waals surface area contributed by atoms with Gasteiger partial charge in [0, 0.05) is 11.1 Å². The van der Waals surface area contributed by atoms with Crippen LogP contribution in [0.3, 0.4) is 0 Å². The van der Waals surface area contributed by atoms with Gasteiger partial charge in [0.15, 0.2) is 0 Å². The fraction of sp³-hybridized carbons (Fsp3) is 0. The average molecular weight is 193 g/mol. The molecule has 0 saturated heterocycles. The lowest BCUT2D eigenvalue weighted by Gasteiger charge is -2.18. The Balaban J connectivity index is 2.39. The third kappa shape index (κ3) is 1.38. The quantitative estimate of drug-likeness (QED) is 0.498. The Hall–Kier alpha value is -0.800. The molecule has 0 aliphatic carbocycles. The minimum atomic E-state index is 1.25. The molecule has 2 rings (SSSR count). The number of hydrogen-bond donors (Lipinski definition) is 0. The number of benzene rings is 1. The van der Waals surface area contributed by atoms with Crippen molar-refractivity contribution in [2.24, 2.45) is 0 Å². The Morgan fingerprint density at radius 3 is 3.00 bits per heavy atom. The Labute approximate surface area is 81.2 Å². The topological polar surface area (TPSA) is 3.24 Å². The van der Waals surface area contributed by atoms with Crippen LogP contribution in [-0.2, 0) is 0 Å². The van der Waals surface area contributed by atoms with Gasteiger partial charge in [-0.2, -0.15) is 0 Å². The van der Waals surface area contributed by atoms with Crippen molar-refractivity contribution in [3.63, 3.8) is 0 Å². The predicted octanol–water partition coefficient (Wildman–Crippen LogP) is 2.94. The molecule has 1 heterocycles. The van der Waals surface area contributed by atoms with Crippen molar-refractivity contribution < 1.29 is 0 Å². The molecular formula is C9H7NS2. The first-order chi connectivity index (χ1) is 5.90. The maximum atomic E-state index is 4.83. The molecule has 0 bridgehead atoms. The monoisotopic (exact) mass is 193 g/mol. The van der Waals surface area contributed by atoms with Crippen LogP contribution < -0.4 is 0 Å². The van der Waals surface area contributed by atoms with Crippen LogP contribution in [0.1, 0.15) is 5.56 Å². The Morgan fingerprint density at radius 2 is 2.17 bits per heavy atom.